The third-order valence-corrected chi connectivity index (χ3v) is 3.43. The molecule has 0 bridgehead atoms. The maximum absolute atomic E-state index is 11.3. The lowest BCUT2D eigenvalue weighted by Gasteiger charge is -2.21. The van der Waals surface area contributed by atoms with Gasteiger partial charge in [-0.2, -0.15) is 0 Å². The summed E-state index contributed by atoms with van der Waals surface area (Å²) >= 11 is 1.56. The van der Waals surface area contributed by atoms with E-state index < -0.39 is 0 Å². The summed E-state index contributed by atoms with van der Waals surface area (Å²) in [5.74, 6) is 0.550. The molecule has 1 aliphatic heterocycles. The standard InChI is InChI=1S/C12H17N3OS/c1-12(2,13)7-14-8-3-4-10-9(5-8)15-11(16)6-17-10/h3-5,14H,6-7,13H2,1-2H3,(H,15,16). The molecule has 0 saturated heterocycles. The van der Waals surface area contributed by atoms with Crippen LogP contribution in [0.15, 0.2) is 23.1 Å². The van der Waals surface area contributed by atoms with Crippen LogP contribution in [-0.2, 0) is 4.79 Å². The van der Waals surface area contributed by atoms with E-state index in [-0.39, 0.29) is 11.4 Å². The van der Waals surface area contributed by atoms with Crippen molar-refractivity contribution in [1.29, 1.82) is 0 Å². The first-order chi connectivity index (χ1) is 7.94. The van der Waals surface area contributed by atoms with Crippen molar-refractivity contribution in [3.63, 3.8) is 0 Å². The van der Waals surface area contributed by atoms with E-state index in [0.29, 0.717) is 12.3 Å². The topological polar surface area (TPSA) is 67.2 Å². The minimum absolute atomic E-state index is 0.0544. The molecular formula is C12H17N3OS. The first-order valence-corrected chi connectivity index (χ1v) is 6.52. The minimum Gasteiger partial charge on any atom is -0.383 e. The molecule has 0 aliphatic carbocycles. The molecule has 0 saturated carbocycles. The molecule has 17 heavy (non-hydrogen) atoms. The van der Waals surface area contributed by atoms with E-state index in [1.807, 2.05) is 32.0 Å². The second-order valence-electron chi connectivity index (χ2n) is 4.89. The maximum Gasteiger partial charge on any atom is 0.234 e. The van der Waals surface area contributed by atoms with Gasteiger partial charge in [-0.05, 0) is 32.0 Å². The van der Waals surface area contributed by atoms with E-state index in [1.165, 1.54) is 0 Å². The third-order valence-electron chi connectivity index (χ3n) is 2.36. The normalized spacial score (nSPS) is 15.1. The second-order valence-corrected chi connectivity index (χ2v) is 5.91. The summed E-state index contributed by atoms with van der Waals surface area (Å²) in [4.78, 5) is 12.4. The Hall–Kier alpha value is -1.20. The van der Waals surface area contributed by atoms with Crippen LogP contribution in [0.4, 0.5) is 11.4 Å². The van der Waals surface area contributed by atoms with Gasteiger partial charge < -0.3 is 16.4 Å². The summed E-state index contributed by atoms with van der Waals surface area (Å²) in [6.45, 7) is 4.62. The molecule has 1 aromatic carbocycles. The molecule has 0 fully saturated rings. The SMILES string of the molecule is CC(C)(N)CNc1ccc2c(c1)NC(=O)CS2. The number of carbonyl (C=O) groups excluding carboxylic acids is 1. The molecule has 1 amide bonds. The van der Waals surface area contributed by atoms with Crippen LogP contribution in [-0.4, -0.2) is 23.7 Å². The van der Waals surface area contributed by atoms with E-state index >= 15 is 0 Å². The summed E-state index contributed by atoms with van der Waals surface area (Å²) in [5, 5.41) is 6.13. The van der Waals surface area contributed by atoms with Crippen molar-refractivity contribution in [3.8, 4) is 0 Å². The first-order valence-electron chi connectivity index (χ1n) is 5.53. The first kappa shape index (κ1) is 12.3. The lowest BCUT2D eigenvalue weighted by molar-refractivity contribution is -0.113. The monoisotopic (exact) mass is 251 g/mol. The Labute approximate surface area is 105 Å². The van der Waals surface area contributed by atoms with Crippen LogP contribution in [0, 0.1) is 0 Å². The fourth-order valence-electron chi connectivity index (χ4n) is 1.52. The van der Waals surface area contributed by atoms with Crippen molar-refractivity contribution in [3.05, 3.63) is 18.2 Å². The largest absolute Gasteiger partial charge is 0.383 e. The zero-order valence-corrected chi connectivity index (χ0v) is 10.9. The number of nitrogens with two attached hydrogens (primary N) is 1. The number of benzene rings is 1. The van der Waals surface area contributed by atoms with Crippen LogP contribution < -0.4 is 16.4 Å². The Morgan fingerprint density at radius 1 is 1.53 bits per heavy atom. The van der Waals surface area contributed by atoms with Gasteiger partial charge in [-0.25, -0.2) is 0 Å². The number of thioether (sulfide) groups is 1. The fourth-order valence-corrected chi connectivity index (χ4v) is 2.31. The molecule has 1 heterocycles. The summed E-state index contributed by atoms with van der Waals surface area (Å²) in [7, 11) is 0. The second kappa shape index (κ2) is 4.58. The zero-order valence-electron chi connectivity index (χ0n) is 10.0. The van der Waals surface area contributed by atoms with Gasteiger partial charge in [0.1, 0.15) is 0 Å². The lowest BCUT2D eigenvalue weighted by Crippen LogP contribution is -2.39. The van der Waals surface area contributed by atoms with Gasteiger partial charge in [0.2, 0.25) is 5.91 Å². The van der Waals surface area contributed by atoms with Crippen LogP contribution in [0.1, 0.15) is 13.8 Å². The van der Waals surface area contributed by atoms with E-state index in [1.54, 1.807) is 11.8 Å². The Bertz CT molecular complexity index is 440. The number of fused-ring (bicyclic) bond motifs is 1. The predicted octanol–water partition coefficient (Wildman–Crippen LogP) is 1.88. The van der Waals surface area contributed by atoms with Crippen molar-refractivity contribution < 1.29 is 4.79 Å². The Morgan fingerprint density at radius 2 is 2.29 bits per heavy atom. The molecule has 0 atom stereocenters. The number of anilines is 2. The molecule has 1 aliphatic rings. The van der Waals surface area contributed by atoms with Crippen LogP contribution in [0.25, 0.3) is 0 Å². The highest BCUT2D eigenvalue weighted by Crippen LogP contribution is 2.33. The minimum atomic E-state index is -0.256. The summed E-state index contributed by atoms with van der Waals surface area (Å²) < 4.78 is 0. The number of amides is 1. The number of hydrogen-bond acceptors (Lipinski definition) is 4. The molecule has 0 radical (unpaired) electrons. The van der Waals surface area contributed by atoms with Gasteiger partial charge in [0.05, 0.1) is 11.4 Å². The van der Waals surface area contributed by atoms with Crippen LogP contribution in [0.3, 0.4) is 0 Å². The summed E-state index contributed by atoms with van der Waals surface area (Å²) in [5.41, 5.74) is 7.51. The van der Waals surface area contributed by atoms with Crippen LogP contribution in [0.2, 0.25) is 0 Å². The molecule has 1 aromatic rings. The van der Waals surface area contributed by atoms with Crippen molar-refractivity contribution in [2.75, 3.05) is 22.9 Å². The van der Waals surface area contributed by atoms with Crippen molar-refractivity contribution in [2.24, 2.45) is 5.73 Å². The Kier molecular flexibility index (Phi) is 3.31. The molecule has 4 nitrogen and oxygen atoms in total. The highest BCUT2D eigenvalue weighted by molar-refractivity contribution is 8.00. The van der Waals surface area contributed by atoms with Gasteiger partial charge in [-0.1, -0.05) is 0 Å². The number of nitrogens with one attached hydrogen (secondary N) is 2. The quantitative estimate of drug-likeness (QED) is 0.767. The van der Waals surface area contributed by atoms with Gasteiger partial charge in [-0.3, -0.25) is 4.79 Å². The van der Waals surface area contributed by atoms with Gasteiger partial charge in [0, 0.05) is 22.7 Å². The smallest absolute Gasteiger partial charge is 0.234 e. The highest BCUT2D eigenvalue weighted by atomic mass is 32.2. The fraction of sp³-hybridized carbons (Fsp3) is 0.417. The predicted molar refractivity (Wildman–Crippen MR) is 72.6 cm³/mol. The Balaban J connectivity index is 2.10. The molecule has 0 spiro atoms. The summed E-state index contributed by atoms with van der Waals surface area (Å²) in [6.07, 6.45) is 0. The van der Waals surface area contributed by atoms with E-state index in [9.17, 15) is 4.79 Å². The number of rotatable bonds is 3. The van der Waals surface area contributed by atoms with Crippen LogP contribution in [0.5, 0.6) is 0 Å². The molecule has 2 rings (SSSR count). The average molecular weight is 251 g/mol. The van der Waals surface area contributed by atoms with E-state index in [2.05, 4.69) is 10.6 Å². The van der Waals surface area contributed by atoms with Crippen LogP contribution >= 0.6 is 11.8 Å². The average Bonchev–Trinajstić information content (AvgIpc) is 2.24. The molecule has 0 unspecified atom stereocenters. The van der Waals surface area contributed by atoms with Gasteiger partial charge in [0.15, 0.2) is 0 Å². The van der Waals surface area contributed by atoms with Gasteiger partial charge >= 0.3 is 0 Å². The molecule has 4 N–H and O–H groups in total. The van der Waals surface area contributed by atoms with Gasteiger partial charge in [0.25, 0.3) is 0 Å². The molecule has 0 aromatic heterocycles. The number of carbonyl (C=O) groups is 1. The lowest BCUT2D eigenvalue weighted by atomic mass is 10.1. The zero-order chi connectivity index (χ0) is 12.5. The van der Waals surface area contributed by atoms with E-state index in [4.69, 9.17) is 5.73 Å². The van der Waals surface area contributed by atoms with Crippen molar-refractivity contribution in [1.82, 2.24) is 0 Å². The third kappa shape index (κ3) is 3.38. The Morgan fingerprint density at radius 3 is 3.00 bits per heavy atom. The highest BCUT2D eigenvalue weighted by Gasteiger charge is 2.16. The maximum atomic E-state index is 11.3. The number of hydrogen-bond donors (Lipinski definition) is 3. The molecule has 5 heteroatoms. The van der Waals surface area contributed by atoms with Crippen molar-refractivity contribution >= 4 is 29.0 Å². The van der Waals surface area contributed by atoms with Crippen molar-refractivity contribution in [2.45, 2.75) is 24.3 Å². The van der Waals surface area contributed by atoms with Gasteiger partial charge in [-0.15, -0.1) is 11.8 Å². The molecular weight excluding hydrogens is 234 g/mol. The van der Waals surface area contributed by atoms with E-state index in [0.717, 1.165) is 16.3 Å². The summed E-state index contributed by atoms with van der Waals surface area (Å²) in [6, 6.07) is 5.98. The molecule has 92 valence electrons.